The average Bonchev–Trinajstić information content (AvgIpc) is 3.09. The van der Waals surface area contributed by atoms with E-state index < -0.39 is 0 Å². The predicted octanol–water partition coefficient (Wildman–Crippen LogP) is 3.04. The van der Waals surface area contributed by atoms with Crippen LogP contribution in [0.25, 0.3) is 0 Å². The molecule has 0 aliphatic rings. The maximum absolute atomic E-state index is 13.4. The van der Waals surface area contributed by atoms with Crippen LogP contribution in [0.2, 0.25) is 0 Å². The van der Waals surface area contributed by atoms with Crippen molar-refractivity contribution in [3.63, 3.8) is 0 Å². The van der Waals surface area contributed by atoms with Gasteiger partial charge in [-0.3, -0.25) is 4.99 Å². The standard InChI is InChI=1S/C16H19BrFN5O2S/c1-10(20-6-3-7-24)9-26-16-14(22-25-23-16)15(19-2)21-11-4-5-13(18)12(17)8-11/h4-5,8,20,24H,1,3,6-7,9H2,2H3,(H,19,21). The molecule has 0 bridgehead atoms. The zero-order chi connectivity index (χ0) is 18.9. The fourth-order valence-corrected chi connectivity index (χ4v) is 3.05. The highest BCUT2D eigenvalue weighted by atomic mass is 79.9. The van der Waals surface area contributed by atoms with Crippen molar-refractivity contribution < 1.29 is 14.1 Å². The van der Waals surface area contributed by atoms with Gasteiger partial charge in [-0.1, -0.05) is 18.3 Å². The molecule has 3 N–H and O–H groups in total. The molecule has 1 heterocycles. The molecule has 0 radical (unpaired) electrons. The van der Waals surface area contributed by atoms with Gasteiger partial charge in [0.15, 0.2) is 16.6 Å². The Hall–Kier alpha value is -1.91. The minimum Gasteiger partial charge on any atom is -0.396 e. The zero-order valence-electron chi connectivity index (χ0n) is 14.1. The normalized spacial score (nSPS) is 11.5. The fourth-order valence-electron chi connectivity index (χ4n) is 1.90. The van der Waals surface area contributed by atoms with Crippen LogP contribution in [0, 0.1) is 5.82 Å². The second kappa shape index (κ2) is 10.3. The Labute approximate surface area is 163 Å². The minimum atomic E-state index is -0.350. The largest absolute Gasteiger partial charge is 0.396 e. The highest BCUT2D eigenvalue weighted by molar-refractivity contribution is 9.10. The van der Waals surface area contributed by atoms with Crippen LogP contribution < -0.4 is 10.6 Å². The first-order chi connectivity index (χ1) is 12.5. The summed E-state index contributed by atoms with van der Waals surface area (Å²) >= 11 is 4.55. The van der Waals surface area contributed by atoms with Crippen LogP contribution in [0.15, 0.2) is 49.6 Å². The number of hydrogen-bond donors (Lipinski definition) is 3. The van der Waals surface area contributed by atoms with Crippen LogP contribution >= 0.6 is 27.7 Å². The number of anilines is 1. The summed E-state index contributed by atoms with van der Waals surface area (Å²) in [5.74, 6) is 0.661. The average molecular weight is 444 g/mol. The van der Waals surface area contributed by atoms with Gasteiger partial charge in [0.25, 0.3) is 0 Å². The van der Waals surface area contributed by atoms with Gasteiger partial charge in [0.2, 0.25) is 0 Å². The van der Waals surface area contributed by atoms with Gasteiger partial charge in [-0.2, -0.15) is 0 Å². The quantitative estimate of drug-likeness (QED) is 0.237. The monoisotopic (exact) mass is 443 g/mol. The molecule has 0 saturated carbocycles. The summed E-state index contributed by atoms with van der Waals surface area (Å²) in [6.45, 7) is 4.71. The van der Waals surface area contributed by atoms with E-state index in [1.165, 1.54) is 17.8 Å². The third-order valence-electron chi connectivity index (χ3n) is 3.18. The number of aliphatic imine (C=N–C) groups is 1. The third-order valence-corrected chi connectivity index (χ3v) is 4.82. The van der Waals surface area contributed by atoms with E-state index in [9.17, 15) is 4.39 Å². The van der Waals surface area contributed by atoms with Crippen LogP contribution in [-0.4, -0.2) is 47.2 Å². The first-order valence-electron chi connectivity index (χ1n) is 7.72. The predicted molar refractivity (Wildman–Crippen MR) is 104 cm³/mol. The molecule has 0 aliphatic carbocycles. The second-order valence-corrected chi connectivity index (χ2v) is 6.96. The summed E-state index contributed by atoms with van der Waals surface area (Å²) in [5, 5.41) is 23.4. The van der Waals surface area contributed by atoms with E-state index in [0.717, 1.165) is 5.70 Å². The summed E-state index contributed by atoms with van der Waals surface area (Å²) in [4.78, 5) is 4.18. The highest BCUT2D eigenvalue weighted by Crippen LogP contribution is 2.24. The summed E-state index contributed by atoms with van der Waals surface area (Å²) in [7, 11) is 1.61. The van der Waals surface area contributed by atoms with Crippen molar-refractivity contribution >= 4 is 39.2 Å². The highest BCUT2D eigenvalue weighted by Gasteiger charge is 2.17. The Morgan fingerprint density at radius 2 is 2.27 bits per heavy atom. The lowest BCUT2D eigenvalue weighted by Crippen LogP contribution is -2.17. The number of benzene rings is 1. The molecule has 1 aromatic carbocycles. The molecule has 0 amide bonds. The lowest BCUT2D eigenvalue weighted by atomic mass is 10.3. The molecule has 0 atom stereocenters. The van der Waals surface area contributed by atoms with Gasteiger partial charge in [0, 0.05) is 37.3 Å². The van der Waals surface area contributed by atoms with Crippen LogP contribution in [0.4, 0.5) is 10.1 Å². The van der Waals surface area contributed by atoms with E-state index in [-0.39, 0.29) is 12.4 Å². The van der Waals surface area contributed by atoms with Crippen molar-refractivity contribution in [2.45, 2.75) is 11.4 Å². The van der Waals surface area contributed by atoms with Crippen LogP contribution in [0.5, 0.6) is 0 Å². The number of aliphatic hydroxyl groups excluding tert-OH is 1. The van der Waals surface area contributed by atoms with E-state index in [2.05, 4.69) is 48.4 Å². The molecule has 0 unspecified atom stereocenters. The number of hydrogen-bond acceptors (Lipinski definition) is 7. The van der Waals surface area contributed by atoms with Gasteiger partial charge in [0.1, 0.15) is 5.82 Å². The summed E-state index contributed by atoms with van der Waals surface area (Å²) in [5.41, 5.74) is 1.91. The SMILES string of the molecule is C=C(CSc1nonc1C(=NC)Nc1ccc(F)c(Br)c1)NCCCO. The first-order valence-corrected chi connectivity index (χ1v) is 9.50. The van der Waals surface area contributed by atoms with Gasteiger partial charge in [-0.05, 0) is 50.9 Å². The van der Waals surface area contributed by atoms with Crippen LogP contribution in [0.1, 0.15) is 12.1 Å². The Bertz CT molecular complexity index is 784. The number of amidine groups is 1. The van der Waals surface area contributed by atoms with Crippen molar-refractivity contribution in [1.29, 1.82) is 0 Å². The number of aliphatic hydroxyl groups is 1. The maximum atomic E-state index is 13.4. The topological polar surface area (TPSA) is 95.6 Å². The van der Waals surface area contributed by atoms with Gasteiger partial charge in [-0.25, -0.2) is 9.02 Å². The van der Waals surface area contributed by atoms with Gasteiger partial charge in [-0.15, -0.1) is 0 Å². The number of aromatic nitrogens is 2. The molecule has 10 heteroatoms. The van der Waals surface area contributed by atoms with Crippen molar-refractivity contribution in [1.82, 2.24) is 15.6 Å². The smallest absolute Gasteiger partial charge is 0.183 e. The molecule has 0 spiro atoms. The van der Waals surface area contributed by atoms with Gasteiger partial charge in [0.05, 0.1) is 4.47 Å². The van der Waals surface area contributed by atoms with E-state index in [1.54, 1.807) is 19.2 Å². The Morgan fingerprint density at radius 1 is 1.46 bits per heavy atom. The molecule has 0 fully saturated rings. The third kappa shape index (κ3) is 5.82. The van der Waals surface area contributed by atoms with Gasteiger partial charge >= 0.3 is 0 Å². The van der Waals surface area contributed by atoms with E-state index in [4.69, 9.17) is 9.74 Å². The molecule has 0 saturated heterocycles. The minimum absolute atomic E-state index is 0.131. The fraction of sp³-hybridized carbons (Fsp3) is 0.312. The molecule has 2 rings (SSSR count). The van der Waals surface area contributed by atoms with E-state index >= 15 is 0 Å². The Morgan fingerprint density at radius 3 is 2.96 bits per heavy atom. The molecule has 0 aliphatic heterocycles. The van der Waals surface area contributed by atoms with Gasteiger partial charge < -0.3 is 15.7 Å². The molecule has 26 heavy (non-hydrogen) atoms. The van der Waals surface area contributed by atoms with Crippen LogP contribution in [0.3, 0.4) is 0 Å². The molecule has 140 valence electrons. The summed E-state index contributed by atoms with van der Waals surface area (Å²) < 4.78 is 18.6. The maximum Gasteiger partial charge on any atom is 0.183 e. The van der Waals surface area contributed by atoms with Crippen molar-refractivity contribution in [2.24, 2.45) is 4.99 Å². The molecular formula is C16H19BrFN5O2S. The second-order valence-electron chi connectivity index (χ2n) is 5.14. The number of nitrogens with zero attached hydrogens (tertiary/aromatic N) is 3. The lowest BCUT2D eigenvalue weighted by molar-refractivity contribution is 0.288. The lowest BCUT2D eigenvalue weighted by Gasteiger charge is -2.10. The summed E-state index contributed by atoms with van der Waals surface area (Å²) in [6.07, 6.45) is 0.657. The van der Waals surface area contributed by atoms with E-state index in [1.807, 2.05) is 0 Å². The van der Waals surface area contributed by atoms with Crippen molar-refractivity contribution in [3.05, 3.63) is 46.5 Å². The van der Waals surface area contributed by atoms with Crippen LogP contribution in [-0.2, 0) is 0 Å². The van der Waals surface area contributed by atoms with E-state index in [0.29, 0.717) is 45.4 Å². The Balaban J connectivity index is 2.02. The number of thioether (sulfide) groups is 1. The molecule has 2 aromatic rings. The van der Waals surface area contributed by atoms with Crippen molar-refractivity contribution in [3.8, 4) is 0 Å². The molecule has 1 aromatic heterocycles. The molecular weight excluding hydrogens is 425 g/mol. The number of nitrogens with one attached hydrogen (secondary N) is 2. The zero-order valence-corrected chi connectivity index (χ0v) is 16.5. The first kappa shape index (κ1) is 20.4. The Kier molecular flexibility index (Phi) is 8.07. The molecule has 7 nitrogen and oxygen atoms in total. The number of halogens is 2. The summed E-state index contributed by atoms with van der Waals surface area (Å²) in [6, 6.07) is 4.55. The number of rotatable bonds is 9. The van der Waals surface area contributed by atoms with Crippen molar-refractivity contribution in [2.75, 3.05) is 31.3 Å².